The van der Waals surface area contributed by atoms with Gasteiger partial charge < -0.3 is 5.32 Å². The smallest absolute Gasteiger partial charge is 0.255 e. The molecule has 22 heavy (non-hydrogen) atoms. The highest BCUT2D eigenvalue weighted by Gasteiger charge is 2.09. The van der Waals surface area contributed by atoms with Crippen molar-refractivity contribution in [2.45, 2.75) is 13.8 Å². The Hall–Kier alpha value is -2.62. The Bertz CT molecular complexity index is 699. The quantitative estimate of drug-likeness (QED) is 0.518. The second-order valence-corrected chi connectivity index (χ2v) is 5.45. The number of rotatable bonds is 3. The Morgan fingerprint density at radius 2 is 1.45 bits per heavy atom. The largest absolute Gasteiger partial charge is 0.322 e. The van der Waals surface area contributed by atoms with Gasteiger partial charge in [-0.2, -0.15) is 0 Å². The summed E-state index contributed by atoms with van der Waals surface area (Å²) in [5.74, 6) is 0.964. The molecule has 2 aromatic rings. The first-order valence-corrected chi connectivity index (χ1v) is 7.22. The minimum atomic E-state index is -0.0881. The molecule has 0 spiro atoms. The van der Waals surface area contributed by atoms with Crippen LogP contribution in [0.5, 0.6) is 0 Å². The first-order valence-electron chi connectivity index (χ1n) is 7.22. The molecule has 4 nitrogen and oxygen atoms in total. The van der Waals surface area contributed by atoms with E-state index in [1.807, 2.05) is 81.0 Å². The number of benzene rings is 2. The van der Waals surface area contributed by atoms with E-state index in [0.29, 0.717) is 5.56 Å². The standard InChI is InChI=1S/C18H21N3O/c1-13-7-5-6-8-17(13)18(22)20-16-11-9-15(10-12-16)19-14(2)21(3)4/h5-12H,1-4H3,(H,20,22)/p+1. The average Bonchev–Trinajstić information content (AvgIpc) is 2.49. The molecule has 0 radical (unpaired) electrons. The van der Waals surface area contributed by atoms with Gasteiger partial charge in [0.1, 0.15) is 5.69 Å². The van der Waals surface area contributed by atoms with Gasteiger partial charge in [-0.1, -0.05) is 18.2 Å². The molecule has 0 heterocycles. The number of anilines is 2. The van der Waals surface area contributed by atoms with Crippen LogP contribution in [0.15, 0.2) is 48.5 Å². The predicted molar refractivity (Wildman–Crippen MR) is 92.0 cm³/mol. The monoisotopic (exact) mass is 296 g/mol. The molecule has 2 N–H and O–H groups in total. The molecular formula is C18H22N3O+. The van der Waals surface area contributed by atoms with Crippen molar-refractivity contribution in [2.75, 3.05) is 24.7 Å². The number of aryl methyl sites for hydroxylation is 1. The maximum absolute atomic E-state index is 12.2. The number of carbonyl (C=O) groups is 1. The van der Waals surface area contributed by atoms with Crippen molar-refractivity contribution in [1.82, 2.24) is 0 Å². The van der Waals surface area contributed by atoms with Crippen molar-refractivity contribution in [3.8, 4) is 0 Å². The molecular weight excluding hydrogens is 274 g/mol. The van der Waals surface area contributed by atoms with Crippen LogP contribution in [0.25, 0.3) is 0 Å². The summed E-state index contributed by atoms with van der Waals surface area (Å²) in [5, 5.41) is 6.21. The molecule has 0 aliphatic rings. The van der Waals surface area contributed by atoms with Gasteiger partial charge in [0.05, 0.1) is 14.1 Å². The van der Waals surface area contributed by atoms with E-state index in [4.69, 9.17) is 0 Å². The van der Waals surface area contributed by atoms with Gasteiger partial charge in [0, 0.05) is 18.2 Å². The van der Waals surface area contributed by atoms with E-state index in [2.05, 4.69) is 10.6 Å². The zero-order valence-corrected chi connectivity index (χ0v) is 13.5. The molecule has 0 aromatic heterocycles. The Kier molecular flexibility index (Phi) is 4.94. The highest BCUT2D eigenvalue weighted by atomic mass is 16.1. The average molecular weight is 296 g/mol. The van der Waals surface area contributed by atoms with E-state index >= 15 is 0 Å². The summed E-state index contributed by atoms with van der Waals surface area (Å²) in [7, 11) is 3.97. The van der Waals surface area contributed by atoms with Crippen molar-refractivity contribution in [3.05, 3.63) is 59.7 Å². The fourth-order valence-electron chi connectivity index (χ4n) is 1.98. The van der Waals surface area contributed by atoms with Gasteiger partial charge in [-0.3, -0.25) is 9.37 Å². The van der Waals surface area contributed by atoms with Crippen molar-refractivity contribution in [1.29, 1.82) is 0 Å². The van der Waals surface area contributed by atoms with Gasteiger partial charge in [-0.25, -0.2) is 5.32 Å². The van der Waals surface area contributed by atoms with Gasteiger partial charge >= 0.3 is 0 Å². The normalized spacial score (nSPS) is 10.0. The summed E-state index contributed by atoms with van der Waals surface area (Å²) < 4.78 is 2.01. The van der Waals surface area contributed by atoms with E-state index in [-0.39, 0.29) is 5.91 Å². The van der Waals surface area contributed by atoms with Crippen LogP contribution in [0.1, 0.15) is 22.8 Å². The molecule has 2 rings (SSSR count). The summed E-state index contributed by atoms with van der Waals surface area (Å²) >= 11 is 0. The minimum Gasteiger partial charge on any atom is -0.322 e. The zero-order chi connectivity index (χ0) is 16.1. The predicted octanol–water partition coefficient (Wildman–Crippen LogP) is 3.35. The molecule has 1 amide bonds. The van der Waals surface area contributed by atoms with Gasteiger partial charge in [-0.15, -0.1) is 0 Å². The lowest BCUT2D eigenvalue weighted by Crippen LogP contribution is -2.18. The highest BCUT2D eigenvalue weighted by molar-refractivity contribution is 6.05. The van der Waals surface area contributed by atoms with E-state index in [1.54, 1.807) is 0 Å². The van der Waals surface area contributed by atoms with Gasteiger partial charge in [0.2, 0.25) is 5.84 Å². The molecule has 2 aromatic carbocycles. The molecule has 0 aliphatic carbocycles. The molecule has 0 saturated carbocycles. The van der Waals surface area contributed by atoms with Crippen LogP contribution < -0.4 is 10.6 Å². The minimum absolute atomic E-state index is 0.0881. The number of amidine groups is 1. The summed E-state index contributed by atoms with van der Waals surface area (Å²) in [6.07, 6.45) is 0. The van der Waals surface area contributed by atoms with Crippen LogP contribution in [0.2, 0.25) is 0 Å². The molecule has 0 aliphatic heterocycles. The number of hydrogen-bond donors (Lipinski definition) is 2. The number of hydrogen-bond acceptors (Lipinski definition) is 1. The van der Waals surface area contributed by atoms with Gasteiger partial charge in [0.15, 0.2) is 0 Å². The molecule has 4 heteroatoms. The lowest BCUT2D eigenvalue weighted by molar-refractivity contribution is -0.464. The van der Waals surface area contributed by atoms with E-state index in [9.17, 15) is 4.79 Å². The van der Waals surface area contributed by atoms with Crippen molar-refractivity contribution in [3.63, 3.8) is 0 Å². The van der Waals surface area contributed by atoms with E-state index < -0.39 is 0 Å². The zero-order valence-electron chi connectivity index (χ0n) is 13.5. The first-order chi connectivity index (χ1) is 10.5. The third kappa shape index (κ3) is 3.95. The van der Waals surface area contributed by atoms with Crippen LogP contribution in [0.3, 0.4) is 0 Å². The van der Waals surface area contributed by atoms with Gasteiger partial charge in [0.25, 0.3) is 5.91 Å². The number of nitrogens with one attached hydrogen (secondary N) is 2. The number of nitrogens with zero attached hydrogens (tertiary/aromatic N) is 1. The summed E-state index contributed by atoms with van der Waals surface area (Å²) in [6, 6.07) is 15.2. The van der Waals surface area contributed by atoms with Gasteiger partial charge in [-0.05, 0) is 42.8 Å². The maximum atomic E-state index is 12.2. The summed E-state index contributed by atoms with van der Waals surface area (Å²) in [6.45, 7) is 3.94. The Morgan fingerprint density at radius 3 is 2.00 bits per heavy atom. The lowest BCUT2D eigenvalue weighted by atomic mass is 10.1. The number of carbonyl (C=O) groups excluding carboxylic acids is 1. The number of amides is 1. The topological polar surface area (TPSA) is 44.1 Å². The second-order valence-electron chi connectivity index (χ2n) is 5.45. The lowest BCUT2D eigenvalue weighted by Gasteiger charge is -2.08. The third-order valence-electron chi connectivity index (χ3n) is 3.53. The van der Waals surface area contributed by atoms with Crippen molar-refractivity contribution >= 4 is 23.1 Å². The van der Waals surface area contributed by atoms with E-state index in [1.165, 1.54) is 0 Å². The van der Waals surface area contributed by atoms with E-state index in [0.717, 1.165) is 22.8 Å². The SMILES string of the molecule is CC(Nc1ccc(NC(=O)c2ccccc2C)cc1)=[N+](C)C. The summed E-state index contributed by atoms with van der Waals surface area (Å²) in [4.78, 5) is 12.2. The molecule has 114 valence electrons. The Morgan fingerprint density at radius 1 is 0.909 bits per heavy atom. The van der Waals surface area contributed by atoms with Crippen molar-refractivity contribution < 1.29 is 9.37 Å². The van der Waals surface area contributed by atoms with Crippen LogP contribution >= 0.6 is 0 Å². The second kappa shape index (κ2) is 6.89. The van der Waals surface area contributed by atoms with Crippen LogP contribution in [-0.4, -0.2) is 30.4 Å². The molecule has 0 saturated heterocycles. The van der Waals surface area contributed by atoms with Crippen molar-refractivity contribution in [2.24, 2.45) is 0 Å². The molecule has 0 atom stereocenters. The Balaban J connectivity index is 2.07. The third-order valence-corrected chi connectivity index (χ3v) is 3.53. The molecule has 0 bridgehead atoms. The fraction of sp³-hybridized carbons (Fsp3) is 0.222. The fourth-order valence-corrected chi connectivity index (χ4v) is 1.98. The van der Waals surface area contributed by atoms with Crippen LogP contribution in [0.4, 0.5) is 11.4 Å². The van der Waals surface area contributed by atoms with Crippen LogP contribution in [-0.2, 0) is 0 Å². The Labute approximate surface area is 131 Å². The summed E-state index contributed by atoms with van der Waals surface area (Å²) in [5.41, 5.74) is 3.43. The van der Waals surface area contributed by atoms with Crippen LogP contribution in [0, 0.1) is 6.92 Å². The molecule has 0 unspecified atom stereocenters. The molecule has 0 fully saturated rings. The first kappa shape index (κ1) is 15.8. The highest BCUT2D eigenvalue weighted by Crippen LogP contribution is 2.16. The maximum Gasteiger partial charge on any atom is 0.255 e.